The van der Waals surface area contributed by atoms with Crippen molar-refractivity contribution >= 4 is 5.82 Å². The maximum absolute atomic E-state index is 4.45. The molecule has 1 unspecified atom stereocenters. The number of anilines is 1. The van der Waals surface area contributed by atoms with Crippen molar-refractivity contribution in [2.75, 3.05) is 18.4 Å². The quantitative estimate of drug-likeness (QED) is 0.812. The molecule has 2 fully saturated rings. The van der Waals surface area contributed by atoms with Crippen molar-refractivity contribution in [1.29, 1.82) is 0 Å². The summed E-state index contributed by atoms with van der Waals surface area (Å²) in [6.45, 7) is 4.25. The van der Waals surface area contributed by atoms with E-state index in [2.05, 4.69) is 21.7 Å². The van der Waals surface area contributed by atoms with E-state index in [0.29, 0.717) is 11.5 Å². The fourth-order valence-electron chi connectivity index (χ4n) is 2.60. The molecule has 1 saturated carbocycles. The second kappa shape index (κ2) is 3.74. The number of aromatic nitrogens is 1. The Morgan fingerprint density at radius 3 is 3.06 bits per heavy atom. The van der Waals surface area contributed by atoms with E-state index in [4.69, 9.17) is 0 Å². The second-order valence-corrected chi connectivity index (χ2v) is 5.33. The van der Waals surface area contributed by atoms with Crippen LogP contribution in [0.2, 0.25) is 0 Å². The summed E-state index contributed by atoms with van der Waals surface area (Å²) in [4.78, 5) is 4.45. The fourth-order valence-corrected chi connectivity index (χ4v) is 2.60. The highest BCUT2D eigenvalue weighted by molar-refractivity contribution is 5.35. The molecule has 1 spiro atoms. The van der Waals surface area contributed by atoms with Crippen LogP contribution in [0.5, 0.6) is 0 Å². The molecule has 0 bridgehead atoms. The van der Waals surface area contributed by atoms with Crippen molar-refractivity contribution in [2.24, 2.45) is 5.41 Å². The second-order valence-electron chi connectivity index (χ2n) is 5.33. The van der Waals surface area contributed by atoms with Crippen LogP contribution in [0.3, 0.4) is 0 Å². The molecular weight excluding hydrogens is 198 g/mol. The highest BCUT2D eigenvalue weighted by atomic mass is 15.1. The summed E-state index contributed by atoms with van der Waals surface area (Å²) in [6.07, 6.45) is 4.20. The Balaban J connectivity index is 1.53. The maximum atomic E-state index is 4.45. The zero-order valence-corrected chi connectivity index (χ0v) is 9.79. The van der Waals surface area contributed by atoms with Crippen LogP contribution < -0.4 is 10.6 Å². The van der Waals surface area contributed by atoms with E-state index in [9.17, 15) is 0 Å². The minimum atomic E-state index is 0.629. The third kappa shape index (κ3) is 2.05. The van der Waals surface area contributed by atoms with Gasteiger partial charge in [0, 0.05) is 24.8 Å². The van der Waals surface area contributed by atoms with Crippen molar-refractivity contribution < 1.29 is 0 Å². The topological polar surface area (TPSA) is 37.0 Å². The molecule has 2 aliphatic rings. The monoisotopic (exact) mass is 217 g/mol. The van der Waals surface area contributed by atoms with E-state index < -0.39 is 0 Å². The van der Waals surface area contributed by atoms with Gasteiger partial charge in [0.25, 0.3) is 0 Å². The Kier molecular flexibility index (Phi) is 2.36. The lowest BCUT2D eigenvalue weighted by atomic mass is 10.0. The van der Waals surface area contributed by atoms with Gasteiger partial charge in [-0.15, -0.1) is 0 Å². The van der Waals surface area contributed by atoms with Crippen LogP contribution in [0.25, 0.3) is 0 Å². The SMILES string of the molecule is Cc1cccc(NCC2CC3(CC3)CN2)n1. The Labute approximate surface area is 96.7 Å². The highest BCUT2D eigenvalue weighted by Crippen LogP contribution is 2.51. The van der Waals surface area contributed by atoms with E-state index in [1.807, 2.05) is 19.1 Å². The van der Waals surface area contributed by atoms with Crippen LogP contribution in [-0.4, -0.2) is 24.1 Å². The normalized spacial score (nSPS) is 25.9. The van der Waals surface area contributed by atoms with Gasteiger partial charge >= 0.3 is 0 Å². The van der Waals surface area contributed by atoms with Gasteiger partial charge in [0.2, 0.25) is 0 Å². The van der Waals surface area contributed by atoms with Crippen molar-refractivity contribution in [3.8, 4) is 0 Å². The molecule has 2 heterocycles. The average Bonchev–Trinajstić information content (AvgIpc) is 2.88. The molecule has 1 aliphatic carbocycles. The molecule has 0 radical (unpaired) electrons. The summed E-state index contributed by atoms with van der Waals surface area (Å²) in [5, 5.41) is 7.02. The van der Waals surface area contributed by atoms with E-state index >= 15 is 0 Å². The number of pyridine rings is 1. The lowest BCUT2D eigenvalue weighted by Crippen LogP contribution is -2.29. The van der Waals surface area contributed by atoms with Gasteiger partial charge in [-0.25, -0.2) is 4.98 Å². The predicted molar refractivity (Wildman–Crippen MR) is 65.5 cm³/mol. The Morgan fingerprint density at radius 2 is 2.38 bits per heavy atom. The summed E-state index contributed by atoms with van der Waals surface area (Å²) in [5.74, 6) is 0.999. The predicted octanol–water partition coefficient (Wildman–Crippen LogP) is 1.94. The number of hydrogen-bond acceptors (Lipinski definition) is 3. The van der Waals surface area contributed by atoms with Crippen LogP contribution >= 0.6 is 0 Å². The standard InChI is InChI=1S/C13H19N3/c1-10-3-2-4-12(16-10)14-8-11-7-13(5-6-13)9-15-11/h2-4,11,15H,5-9H2,1H3,(H,14,16). The molecule has 3 nitrogen and oxygen atoms in total. The third-order valence-electron chi connectivity index (χ3n) is 3.82. The molecule has 3 rings (SSSR count). The number of nitrogens with one attached hydrogen (secondary N) is 2. The molecule has 2 N–H and O–H groups in total. The molecule has 1 aromatic heterocycles. The Morgan fingerprint density at radius 1 is 1.50 bits per heavy atom. The lowest BCUT2D eigenvalue weighted by Gasteiger charge is -2.12. The smallest absolute Gasteiger partial charge is 0.126 e. The first-order valence-corrected chi connectivity index (χ1v) is 6.17. The zero-order valence-electron chi connectivity index (χ0n) is 9.79. The van der Waals surface area contributed by atoms with E-state index in [1.54, 1.807) is 0 Å². The minimum absolute atomic E-state index is 0.629. The van der Waals surface area contributed by atoms with Gasteiger partial charge < -0.3 is 10.6 Å². The first-order valence-electron chi connectivity index (χ1n) is 6.17. The van der Waals surface area contributed by atoms with Gasteiger partial charge in [0.15, 0.2) is 0 Å². The highest BCUT2D eigenvalue weighted by Gasteiger charge is 2.47. The molecule has 1 aliphatic heterocycles. The molecule has 86 valence electrons. The molecular formula is C13H19N3. The molecule has 16 heavy (non-hydrogen) atoms. The molecule has 1 saturated heterocycles. The van der Waals surface area contributed by atoms with E-state index in [0.717, 1.165) is 18.1 Å². The van der Waals surface area contributed by atoms with E-state index in [-0.39, 0.29) is 0 Å². The summed E-state index contributed by atoms with van der Waals surface area (Å²) < 4.78 is 0. The van der Waals surface area contributed by atoms with Crippen molar-refractivity contribution in [1.82, 2.24) is 10.3 Å². The van der Waals surface area contributed by atoms with Gasteiger partial charge in [-0.05, 0) is 43.7 Å². The van der Waals surface area contributed by atoms with Gasteiger partial charge in [0.1, 0.15) is 5.82 Å². The number of aryl methyl sites for hydroxylation is 1. The third-order valence-corrected chi connectivity index (χ3v) is 3.82. The average molecular weight is 217 g/mol. The van der Waals surface area contributed by atoms with Crippen LogP contribution in [0, 0.1) is 12.3 Å². The van der Waals surface area contributed by atoms with Crippen LogP contribution in [0.15, 0.2) is 18.2 Å². The van der Waals surface area contributed by atoms with Crippen LogP contribution in [0.4, 0.5) is 5.82 Å². The Hall–Kier alpha value is -1.09. The van der Waals surface area contributed by atoms with Gasteiger partial charge in [-0.3, -0.25) is 0 Å². The van der Waals surface area contributed by atoms with Crippen LogP contribution in [0.1, 0.15) is 25.0 Å². The zero-order chi connectivity index (χ0) is 11.0. The summed E-state index contributed by atoms with van der Waals surface area (Å²) in [7, 11) is 0. The summed E-state index contributed by atoms with van der Waals surface area (Å²) in [5.41, 5.74) is 1.76. The van der Waals surface area contributed by atoms with Gasteiger partial charge in [-0.2, -0.15) is 0 Å². The first-order chi connectivity index (χ1) is 7.76. The number of hydrogen-bond donors (Lipinski definition) is 2. The van der Waals surface area contributed by atoms with Crippen LogP contribution in [-0.2, 0) is 0 Å². The summed E-state index contributed by atoms with van der Waals surface area (Å²) in [6, 6.07) is 6.74. The molecule has 1 atom stereocenters. The molecule has 1 aromatic rings. The van der Waals surface area contributed by atoms with Gasteiger partial charge in [-0.1, -0.05) is 6.07 Å². The first kappa shape index (κ1) is 10.1. The van der Waals surface area contributed by atoms with Crippen molar-refractivity contribution in [2.45, 2.75) is 32.2 Å². The maximum Gasteiger partial charge on any atom is 0.126 e. The van der Waals surface area contributed by atoms with Gasteiger partial charge in [0.05, 0.1) is 0 Å². The lowest BCUT2D eigenvalue weighted by molar-refractivity contribution is 0.550. The largest absolute Gasteiger partial charge is 0.369 e. The molecule has 3 heteroatoms. The number of rotatable bonds is 3. The van der Waals surface area contributed by atoms with Crippen molar-refractivity contribution in [3.05, 3.63) is 23.9 Å². The van der Waals surface area contributed by atoms with Crippen molar-refractivity contribution in [3.63, 3.8) is 0 Å². The summed E-state index contributed by atoms with van der Waals surface area (Å²) >= 11 is 0. The molecule has 0 aromatic carbocycles. The Bertz CT molecular complexity index is 385. The fraction of sp³-hybridized carbons (Fsp3) is 0.615. The number of nitrogens with zero attached hydrogens (tertiary/aromatic N) is 1. The van der Waals surface area contributed by atoms with E-state index in [1.165, 1.54) is 25.8 Å². The minimum Gasteiger partial charge on any atom is -0.369 e. The molecule has 0 amide bonds.